The molecule has 1 aromatic heterocycles. The summed E-state index contributed by atoms with van der Waals surface area (Å²) in [6.07, 6.45) is 4.00. The van der Waals surface area contributed by atoms with Crippen LogP contribution in [0.4, 0.5) is 20.6 Å². The van der Waals surface area contributed by atoms with Crippen LogP contribution in [0.25, 0.3) is 0 Å². The zero-order chi connectivity index (χ0) is 29.5. The molecule has 12 heteroatoms. The highest BCUT2D eigenvalue weighted by Gasteiger charge is 2.31. The molecule has 0 unspecified atom stereocenters. The van der Waals surface area contributed by atoms with Gasteiger partial charge in [-0.2, -0.15) is 0 Å². The number of carbonyl (C=O) groups excluding carboxylic acids is 3. The van der Waals surface area contributed by atoms with Gasteiger partial charge in [-0.1, -0.05) is 19.1 Å². The van der Waals surface area contributed by atoms with Crippen molar-refractivity contribution in [1.82, 2.24) is 19.8 Å². The third-order valence-corrected chi connectivity index (χ3v) is 6.87. The zero-order valence-electron chi connectivity index (χ0n) is 23.3. The fraction of sp³-hybridized carbons (Fsp3) is 0.345. The second kappa shape index (κ2) is 13.2. The quantitative estimate of drug-likeness (QED) is 0.492. The molecule has 0 fully saturated rings. The number of urea groups is 1. The molecule has 41 heavy (non-hydrogen) atoms. The lowest BCUT2D eigenvalue weighted by atomic mass is 10.0. The van der Waals surface area contributed by atoms with Gasteiger partial charge in [-0.05, 0) is 37.3 Å². The minimum atomic E-state index is -0.676. The maximum atomic E-state index is 14.0. The lowest BCUT2D eigenvalue weighted by Gasteiger charge is -2.35. The summed E-state index contributed by atoms with van der Waals surface area (Å²) in [5, 5.41) is 5.08. The van der Waals surface area contributed by atoms with Gasteiger partial charge in [-0.15, -0.1) is 0 Å². The minimum absolute atomic E-state index is 0.0183. The van der Waals surface area contributed by atoms with E-state index in [0.29, 0.717) is 12.2 Å². The number of fused-ring (bicyclic) bond motifs is 1. The van der Waals surface area contributed by atoms with Crippen LogP contribution in [0.15, 0.2) is 61.1 Å². The number of benzene rings is 2. The van der Waals surface area contributed by atoms with Gasteiger partial charge in [0.25, 0.3) is 11.8 Å². The van der Waals surface area contributed by atoms with Crippen LogP contribution in [0.2, 0.25) is 0 Å². The Morgan fingerprint density at radius 1 is 1.10 bits per heavy atom. The van der Waals surface area contributed by atoms with Gasteiger partial charge in [-0.25, -0.2) is 14.2 Å². The molecule has 2 N–H and O–H groups in total. The Bertz CT molecular complexity index is 1390. The molecule has 0 saturated carbocycles. The molecule has 4 amide bonds. The van der Waals surface area contributed by atoms with Gasteiger partial charge in [0.2, 0.25) is 0 Å². The second-order valence-corrected chi connectivity index (χ2v) is 9.92. The first-order chi connectivity index (χ1) is 19.7. The number of rotatable bonds is 4. The number of anilines is 2. The van der Waals surface area contributed by atoms with Crippen LogP contribution in [-0.2, 0) is 4.74 Å². The number of ether oxygens (including phenoxy) is 2. The number of hydrogen-bond donors (Lipinski definition) is 2. The summed E-state index contributed by atoms with van der Waals surface area (Å²) in [5.74, 6) is -1.07. The van der Waals surface area contributed by atoms with E-state index in [0.717, 1.165) is 0 Å². The van der Waals surface area contributed by atoms with E-state index in [4.69, 9.17) is 9.47 Å². The van der Waals surface area contributed by atoms with Crippen LogP contribution in [0.5, 0.6) is 5.75 Å². The Morgan fingerprint density at radius 2 is 1.88 bits per heavy atom. The highest BCUT2D eigenvalue weighted by atomic mass is 19.1. The van der Waals surface area contributed by atoms with Crippen molar-refractivity contribution in [3.8, 4) is 5.75 Å². The summed E-state index contributed by atoms with van der Waals surface area (Å²) in [4.78, 5) is 50.9. The Hall–Kier alpha value is -4.58. The smallest absolute Gasteiger partial charge is 0.323 e. The van der Waals surface area contributed by atoms with E-state index in [1.54, 1.807) is 37.3 Å². The molecule has 1 aliphatic heterocycles. The van der Waals surface area contributed by atoms with Gasteiger partial charge in [0.05, 0.1) is 29.6 Å². The standard InChI is InChI=1S/C29H33FN6O5/c1-18-15-36(28(38)24-14-31-11-12-32-24)19(2)17-41-25-10-9-20(13-21(25)27(37)35(3)16-26(18)40-4)33-29(39)34-23-8-6-5-7-22(23)30/h5-14,18-19,26H,15-17H2,1-4H3,(H2,33,34,39)/t18-,19-,26-/m1/s1. The van der Waals surface area contributed by atoms with Crippen molar-refractivity contribution in [3.05, 3.63) is 78.1 Å². The zero-order valence-corrected chi connectivity index (χ0v) is 23.3. The molecule has 0 aliphatic carbocycles. The molecule has 0 bridgehead atoms. The number of methoxy groups -OCH3 is 1. The van der Waals surface area contributed by atoms with Gasteiger partial charge in [-0.3, -0.25) is 14.6 Å². The highest BCUT2D eigenvalue weighted by Crippen LogP contribution is 2.27. The van der Waals surface area contributed by atoms with Gasteiger partial charge in [0.1, 0.15) is 23.9 Å². The largest absolute Gasteiger partial charge is 0.491 e. The average Bonchev–Trinajstić information content (AvgIpc) is 2.97. The van der Waals surface area contributed by atoms with Crippen molar-refractivity contribution >= 4 is 29.2 Å². The predicted octanol–water partition coefficient (Wildman–Crippen LogP) is 3.91. The number of likely N-dealkylation sites (N-methyl/N-ethyl adjacent to an activating group) is 1. The number of halogens is 1. The van der Waals surface area contributed by atoms with E-state index in [1.807, 2.05) is 13.8 Å². The van der Waals surface area contributed by atoms with Gasteiger partial charge in [0.15, 0.2) is 0 Å². The Morgan fingerprint density at radius 3 is 2.59 bits per heavy atom. The summed E-state index contributed by atoms with van der Waals surface area (Å²) in [7, 11) is 3.21. The van der Waals surface area contributed by atoms with Gasteiger partial charge >= 0.3 is 6.03 Å². The van der Waals surface area contributed by atoms with Crippen molar-refractivity contribution in [3.63, 3.8) is 0 Å². The molecule has 11 nitrogen and oxygen atoms in total. The monoisotopic (exact) mass is 564 g/mol. The van der Waals surface area contributed by atoms with Gasteiger partial charge < -0.3 is 29.9 Å². The Labute approximate surface area is 237 Å². The fourth-order valence-corrected chi connectivity index (χ4v) is 4.54. The molecule has 4 rings (SSSR count). The maximum absolute atomic E-state index is 14.0. The third kappa shape index (κ3) is 7.14. The number of aromatic nitrogens is 2. The van der Waals surface area contributed by atoms with Crippen LogP contribution in [-0.4, -0.2) is 83.6 Å². The minimum Gasteiger partial charge on any atom is -0.491 e. The molecule has 3 aromatic rings. The number of nitrogens with zero attached hydrogens (tertiary/aromatic N) is 4. The van der Waals surface area contributed by atoms with Gasteiger partial charge in [0, 0.05) is 51.2 Å². The van der Waals surface area contributed by atoms with Crippen LogP contribution in [0.3, 0.4) is 0 Å². The Balaban J connectivity index is 1.62. The first kappa shape index (κ1) is 29.4. The third-order valence-electron chi connectivity index (χ3n) is 6.87. The molecule has 0 saturated heterocycles. The summed E-state index contributed by atoms with van der Waals surface area (Å²) in [6, 6.07) is 9.37. The van der Waals surface area contributed by atoms with Crippen LogP contribution in [0, 0.1) is 11.7 Å². The van der Waals surface area contributed by atoms with Crippen molar-refractivity contribution in [2.45, 2.75) is 26.0 Å². The summed E-state index contributed by atoms with van der Waals surface area (Å²) >= 11 is 0. The lowest BCUT2D eigenvalue weighted by Crippen LogP contribution is -2.48. The predicted molar refractivity (Wildman–Crippen MR) is 150 cm³/mol. The van der Waals surface area contributed by atoms with Crippen LogP contribution in [0.1, 0.15) is 34.7 Å². The van der Waals surface area contributed by atoms with E-state index in [-0.39, 0.29) is 59.7 Å². The molecule has 216 valence electrons. The molecule has 2 heterocycles. The highest BCUT2D eigenvalue weighted by molar-refractivity contribution is 6.02. The summed E-state index contributed by atoms with van der Waals surface area (Å²) in [5.41, 5.74) is 0.742. The molecule has 1 aliphatic rings. The number of amides is 4. The second-order valence-electron chi connectivity index (χ2n) is 9.92. The molecule has 0 spiro atoms. The number of para-hydroxylation sites is 1. The van der Waals surface area contributed by atoms with Crippen molar-refractivity contribution < 1.29 is 28.2 Å². The normalized spacial score (nSPS) is 19.7. The molecule has 0 radical (unpaired) electrons. The SMILES string of the molecule is CO[C@@H]1CN(C)C(=O)c2cc(NC(=O)Nc3ccccc3F)ccc2OC[C@@H](C)N(C(=O)c2cnccn2)C[C@H]1C. The van der Waals surface area contributed by atoms with E-state index in [2.05, 4.69) is 20.6 Å². The van der Waals surface area contributed by atoms with Crippen LogP contribution < -0.4 is 15.4 Å². The van der Waals surface area contributed by atoms with E-state index in [1.165, 1.54) is 47.8 Å². The van der Waals surface area contributed by atoms with E-state index >= 15 is 0 Å². The Kier molecular flexibility index (Phi) is 9.45. The van der Waals surface area contributed by atoms with E-state index in [9.17, 15) is 18.8 Å². The number of hydrogen-bond acceptors (Lipinski definition) is 7. The first-order valence-corrected chi connectivity index (χ1v) is 13.1. The molecular formula is C29H33FN6O5. The first-order valence-electron chi connectivity index (χ1n) is 13.1. The topological polar surface area (TPSA) is 126 Å². The summed E-state index contributed by atoms with van der Waals surface area (Å²) in [6.45, 7) is 4.47. The molecule has 3 atom stereocenters. The fourth-order valence-electron chi connectivity index (χ4n) is 4.54. The number of nitrogens with one attached hydrogen (secondary N) is 2. The molecule has 2 aromatic carbocycles. The average molecular weight is 565 g/mol. The number of carbonyl (C=O) groups is 3. The van der Waals surface area contributed by atoms with Crippen molar-refractivity contribution in [2.24, 2.45) is 5.92 Å². The molecular weight excluding hydrogens is 531 g/mol. The van der Waals surface area contributed by atoms with Crippen molar-refractivity contribution in [1.29, 1.82) is 0 Å². The van der Waals surface area contributed by atoms with E-state index < -0.39 is 17.9 Å². The lowest BCUT2D eigenvalue weighted by molar-refractivity contribution is 0.0109. The van der Waals surface area contributed by atoms with Crippen LogP contribution >= 0.6 is 0 Å². The maximum Gasteiger partial charge on any atom is 0.323 e. The van der Waals surface area contributed by atoms with Crippen molar-refractivity contribution in [2.75, 3.05) is 44.5 Å². The summed E-state index contributed by atoms with van der Waals surface area (Å²) < 4.78 is 25.8.